The first-order valence-electron chi connectivity index (χ1n) is 7.14. The van der Waals surface area contributed by atoms with Crippen molar-refractivity contribution in [2.75, 3.05) is 6.61 Å². The molecule has 1 N–H and O–H groups in total. The smallest absolute Gasteiger partial charge is 0.308 e. The third-order valence-corrected chi connectivity index (χ3v) is 4.66. The summed E-state index contributed by atoms with van der Waals surface area (Å²) < 4.78 is 5.13. The molecule has 0 aliphatic heterocycles. The lowest BCUT2D eigenvalue weighted by atomic mass is 9.86. The summed E-state index contributed by atoms with van der Waals surface area (Å²) in [6.07, 6.45) is 4.18. The number of thiophene rings is 1. The number of hydrogen-bond donors (Lipinski definition) is 1. The van der Waals surface area contributed by atoms with Crippen LogP contribution in [0.1, 0.15) is 42.4 Å². The normalized spacial score (nSPS) is 23.3. The zero-order valence-corrected chi connectivity index (χ0v) is 12.6. The van der Waals surface area contributed by atoms with Crippen molar-refractivity contribution < 1.29 is 9.53 Å². The van der Waals surface area contributed by atoms with E-state index in [1.807, 2.05) is 18.3 Å². The van der Waals surface area contributed by atoms with Gasteiger partial charge in [-0.05, 0) is 45.2 Å². The number of carbonyl (C=O) groups excluding carboxylic acids is 1. The van der Waals surface area contributed by atoms with Crippen LogP contribution in [0.4, 0.5) is 0 Å². The highest BCUT2D eigenvalue weighted by atomic mass is 32.1. The summed E-state index contributed by atoms with van der Waals surface area (Å²) in [4.78, 5) is 14.5. The van der Waals surface area contributed by atoms with E-state index in [-0.39, 0.29) is 11.9 Å². The predicted octanol–water partition coefficient (Wildman–Crippen LogP) is 3.27. The van der Waals surface area contributed by atoms with Gasteiger partial charge in [-0.25, -0.2) is 0 Å². The van der Waals surface area contributed by atoms with Gasteiger partial charge < -0.3 is 10.1 Å². The summed E-state index contributed by atoms with van der Waals surface area (Å²) in [7, 11) is 0. The molecule has 0 aromatic carbocycles. The van der Waals surface area contributed by atoms with Crippen LogP contribution in [0, 0.1) is 12.8 Å². The van der Waals surface area contributed by atoms with Crippen LogP contribution in [0.3, 0.4) is 0 Å². The van der Waals surface area contributed by atoms with Crippen LogP contribution in [-0.4, -0.2) is 18.6 Å². The van der Waals surface area contributed by atoms with Crippen LogP contribution in [0.2, 0.25) is 0 Å². The lowest BCUT2D eigenvalue weighted by molar-refractivity contribution is -0.149. The minimum Gasteiger partial charge on any atom is -0.466 e. The van der Waals surface area contributed by atoms with Gasteiger partial charge >= 0.3 is 5.97 Å². The summed E-state index contributed by atoms with van der Waals surface area (Å²) >= 11 is 1.84. The Morgan fingerprint density at radius 2 is 2.32 bits per heavy atom. The molecule has 1 aliphatic rings. The van der Waals surface area contributed by atoms with Gasteiger partial charge in [0.1, 0.15) is 0 Å². The fraction of sp³-hybridized carbons (Fsp3) is 0.667. The fourth-order valence-corrected chi connectivity index (χ4v) is 3.52. The van der Waals surface area contributed by atoms with Gasteiger partial charge in [-0.2, -0.15) is 0 Å². The van der Waals surface area contributed by atoms with Gasteiger partial charge in [-0.1, -0.05) is 6.42 Å². The van der Waals surface area contributed by atoms with E-state index in [9.17, 15) is 4.79 Å². The minimum absolute atomic E-state index is 0.0130. The lowest BCUT2D eigenvalue weighted by Gasteiger charge is -2.28. The molecule has 106 valence electrons. The molecule has 0 spiro atoms. The SMILES string of the molecule is CCOC(=O)C1CCCC(NCc2ccc(C)s2)C1. The van der Waals surface area contributed by atoms with E-state index in [1.165, 1.54) is 16.2 Å². The van der Waals surface area contributed by atoms with Crippen molar-refractivity contribution in [3.05, 3.63) is 21.9 Å². The topological polar surface area (TPSA) is 38.3 Å². The van der Waals surface area contributed by atoms with Crippen LogP contribution in [0.15, 0.2) is 12.1 Å². The molecule has 1 fully saturated rings. The Hall–Kier alpha value is -0.870. The first kappa shape index (κ1) is 14.5. The van der Waals surface area contributed by atoms with Crippen molar-refractivity contribution in [1.82, 2.24) is 5.32 Å². The number of hydrogen-bond acceptors (Lipinski definition) is 4. The highest BCUT2D eigenvalue weighted by Crippen LogP contribution is 2.26. The molecule has 4 heteroatoms. The summed E-state index contributed by atoms with van der Waals surface area (Å²) in [5.41, 5.74) is 0. The van der Waals surface area contributed by atoms with Gasteiger partial charge in [0.15, 0.2) is 0 Å². The number of nitrogens with one attached hydrogen (secondary N) is 1. The summed E-state index contributed by atoms with van der Waals surface area (Å²) in [6, 6.07) is 4.79. The second-order valence-electron chi connectivity index (χ2n) is 5.21. The van der Waals surface area contributed by atoms with Crippen LogP contribution in [-0.2, 0) is 16.1 Å². The van der Waals surface area contributed by atoms with Crippen molar-refractivity contribution in [2.45, 2.75) is 52.1 Å². The van der Waals surface area contributed by atoms with E-state index in [4.69, 9.17) is 4.74 Å². The van der Waals surface area contributed by atoms with Gasteiger partial charge in [0, 0.05) is 22.3 Å². The van der Waals surface area contributed by atoms with Crippen LogP contribution in [0.25, 0.3) is 0 Å². The van der Waals surface area contributed by atoms with Gasteiger partial charge in [-0.3, -0.25) is 4.79 Å². The molecule has 1 heterocycles. The van der Waals surface area contributed by atoms with Gasteiger partial charge in [-0.15, -0.1) is 11.3 Å². The van der Waals surface area contributed by atoms with Crippen molar-refractivity contribution in [2.24, 2.45) is 5.92 Å². The number of rotatable bonds is 5. The zero-order valence-electron chi connectivity index (χ0n) is 11.8. The lowest BCUT2D eigenvalue weighted by Crippen LogP contribution is -2.36. The largest absolute Gasteiger partial charge is 0.466 e. The monoisotopic (exact) mass is 281 g/mol. The van der Waals surface area contributed by atoms with Crippen LogP contribution in [0.5, 0.6) is 0 Å². The molecule has 2 atom stereocenters. The molecule has 19 heavy (non-hydrogen) atoms. The molecule has 1 aromatic heterocycles. The molecule has 2 unspecified atom stereocenters. The van der Waals surface area contributed by atoms with Crippen molar-refractivity contribution >= 4 is 17.3 Å². The Kier molecular flexibility index (Phi) is 5.40. The highest BCUT2D eigenvalue weighted by Gasteiger charge is 2.27. The average Bonchev–Trinajstić information content (AvgIpc) is 2.83. The summed E-state index contributed by atoms with van der Waals surface area (Å²) in [5.74, 6) is 0.0808. The van der Waals surface area contributed by atoms with E-state index >= 15 is 0 Å². The Labute approximate surface area is 119 Å². The minimum atomic E-state index is -0.0130. The maximum atomic E-state index is 11.8. The molecule has 2 rings (SSSR count). The van der Waals surface area contributed by atoms with Crippen LogP contribution >= 0.6 is 11.3 Å². The Morgan fingerprint density at radius 3 is 3.00 bits per heavy atom. The molecule has 1 aromatic rings. The number of esters is 1. The first-order valence-corrected chi connectivity index (χ1v) is 7.96. The molecule has 3 nitrogen and oxygen atoms in total. The van der Waals surface area contributed by atoms with E-state index in [1.54, 1.807) is 0 Å². The zero-order chi connectivity index (χ0) is 13.7. The van der Waals surface area contributed by atoms with E-state index < -0.39 is 0 Å². The van der Waals surface area contributed by atoms with Crippen LogP contribution < -0.4 is 5.32 Å². The first-order chi connectivity index (χ1) is 9.19. The number of carbonyl (C=O) groups is 1. The van der Waals surface area contributed by atoms with E-state index in [0.29, 0.717) is 12.6 Å². The maximum absolute atomic E-state index is 11.8. The van der Waals surface area contributed by atoms with Crippen molar-refractivity contribution in [3.8, 4) is 0 Å². The van der Waals surface area contributed by atoms with E-state index in [2.05, 4.69) is 24.4 Å². The third kappa shape index (κ3) is 4.32. The van der Waals surface area contributed by atoms with Gasteiger partial charge in [0.2, 0.25) is 0 Å². The second-order valence-corrected chi connectivity index (χ2v) is 6.58. The number of aryl methyl sites for hydroxylation is 1. The molecular formula is C15H23NO2S. The Morgan fingerprint density at radius 1 is 1.47 bits per heavy atom. The van der Waals surface area contributed by atoms with Crippen molar-refractivity contribution in [1.29, 1.82) is 0 Å². The summed E-state index contributed by atoms with van der Waals surface area (Å²) in [6.45, 7) is 5.40. The highest BCUT2D eigenvalue weighted by molar-refractivity contribution is 7.11. The third-order valence-electron chi connectivity index (χ3n) is 3.66. The molecule has 1 aliphatic carbocycles. The van der Waals surface area contributed by atoms with Gasteiger partial charge in [0.25, 0.3) is 0 Å². The Balaban J connectivity index is 1.79. The number of ether oxygens (including phenoxy) is 1. The average molecular weight is 281 g/mol. The molecular weight excluding hydrogens is 258 g/mol. The molecule has 0 radical (unpaired) electrons. The fourth-order valence-electron chi connectivity index (χ4n) is 2.67. The second kappa shape index (κ2) is 7.06. The molecule has 0 bridgehead atoms. The maximum Gasteiger partial charge on any atom is 0.308 e. The standard InChI is InChI=1S/C15H23NO2S/c1-3-18-15(17)12-5-4-6-13(9-12)16-10-14-8-7-11(2)19-14/h7-8,12-13,16H,3-6,9-10H2,1-2H3. The predicted molar refractivity (Wildman–Crippen MR) is 78.3 cm³/mol. The molecule has 0 amide bonds. The quantitative estimate of drug-likeness (QED) is 0.842. The molecule has 0 saturated heterocycles. The Bertz CT molecular complexity index is 416. The van der Waals surface area contributed by atoms with Crippen molar-refractivity contribution in [3.63, 3.8) is 0 Å². The van der Waals surface area contributed by atoms with E-state index in [0.717, 1.165) is 25.8 Å². The van der Waals surface area contributed by atoms with Gasteiger partial charge in [0.05, 0.1) is 12.5 Å². The molecule has 1 saturated carbocycles. The summed E-state index contributed by atoms with van der Waals surface area (Å²) in [5, 5.41) is 3.58.